The molecule has 0 unspecified atom stereocenters. The van der Waals surface area contributed by atoms with Crippen molar-refractivity contribution in [3.05, 3.63) is 58.6 Å². The van der Waals surface area contributed by atoms with Gasteiger partial charge >= 0.3 is 0 Å². The van der Waals surface area contributed by atoms with Crippen LogP contribution in [0.25, 0.3) is 0 Å². The topological polar surface area (TPSA) is 32.8 Å². The number of hydrogen-bond donors (Lipinski definition) is 0. The highest BCUT2D eigenvalue weighted by molar-refractivity contribution is 9.10. The molecule has 1 aliphatic rings. The van der Waals surface area contributed by atoms with Gasteiger partial charge < -0.3 is 14.5 Å². The van der Waals surface area contributed by atoms with Crippen molar-refractivity contribution >= 4 is 27.5 Å². The van der Waals surface area contributed by atoms with Crippen molar-refractivity contribution in [2.45, 2.75) is 0 Å². The number of halogens is 1. The van der Waals surface area contributed by atoms with Crippen LogP contribution in [0.4, 0.5) is 5.69 Å². The number of para-hydroxylation sites is 1. The number of methoxy groups -OCH3 is 1. The summed E-state index contributed by atoms with van der Waals surface area (Å²) in [5.74, 6) is 0.672. The Morgan fingerprint density at radius 3 is 2.30 bits per heavy atom. The Hall–Kier alpha value is -2.01. The van der Waals surface area contributed by atoms with Crippen molar-refractivity contribution in [3.8, 4) is 5.75 Å². The smallest absolute Gasteiger partial charge is 0.257 e. The molecular formula is C18H19BrN2O2. The van der Waals surface area contributed by atoms with Crippen LogP contribution in [0, 0.1) is 0 Å². The highest BCUT2D eigenvalue weighted by Gasteiger charge is 2.24. The number of piperazine rings is 1. The van der Waals surface area contributed by atoms with Gasteiger partial charge in [-0.15, -0.1) is 0 Å². The molecule has 1 heterocycles. The first-order valence-corrected chi connectivity index (χ1v) is 8.41. The maximum Gasteiger partial charge on any atom is 0.257 e. The minimum absolute atomic E-state index is 0.0397. The normalized spacial score (nSPS) is 14.7. The zero-order chi connectivity index (χ0) is 16.2. The second-order valence-corrected chi connectivity index (χ2v) is 6.37. The van der Waals surface area contributed by atoms with Crippen LogP contribution >= 0.6 is 15.9 Å². The molecule has 4 nitrogen and oxygen atoms in total. The standard InChI is InChI=1S/C18H19BrN2O2/c1-23-17-5-3-2-4-16(17)18(22)21-12-10-20(11-13-21)15-8-6-14(19)7-9-15/h2-9H,10-13H2,1H3. The molecule has 0 saturated carbocycles. The molecule has 1 aliphatic heterocycles. The van der Waals surface area contributed by atoms with Crippen LogP contribution in [0.1, 0.15) is 10.4 Å². The summed E-state index contributed by atoms with van der Waals surface area (Å²) in [5.41, 5.74) is 1.82. The van der Waals surface area contributed by atoms with Crippen LogP contribution in [0.3, 0.4) is 0 Å². The summed E-state index contributed by atoms with van der Waals surface area (Å²) in [6.45, 7) is 3.10. The number of carbonyl (C=O) groups is 1. The van der Waals surface area contributed by atoms with Gasteiger partial charge in [-0.05, 0) is 36.4 Å². The Labute approximate surface area is 144 Å². The van der Waals surface area contributed by atoms with E-state index in [0.29, 0.717) is 24.4 Å². The van der Waals surface area contributed by atoms with Gasteiger partial charge in [0.2, 0.25) is 0 Å². The highest BCUT2D eigenvalue weighted by Crippen LogP contribution is 2.22. The predicted molar refractivity (Wildman–Crippen MR) is 95.3 cm³/mol. The number of carbonyl (C=O) groups excluding carboxylic acids is 1. The molecule has 0 aromatic heterocycles. The van der Waals surface area contributed by atoms with E-state index < -0.39 is 0 Å². The third-order valence-corrected chi connectivity index (χ3v) is 4.62. The highest BCUT2D eigenvalue weighted by atomic mass is 79.9. The van der Waals surface area contributed by atoms with E-state index in [-0.39, 0.29) is 5.91 Å². The first-order valence-electron chi connectivity index (χ1n) is 7.62. The molecular weight excluding hydrogens is 356 g/mol. The predicted octanol–water partition coefficient (Wildman–Crippen LogP) is 3.42. The van der Waals surface area contributed by atoms with E-state index in [2.05, 4.69) is 33.0 Å². The molecule has 1 saturated heterocycles. The van der Waals surface area contributed by atoms with E-state index in [9.17, 15) is 4.79 Å². The molecule has 2 aromatic carbocycles. The maximum absolute atomic E-state index is 12.7. The summed E-state index contributed by atoms with van der Waals surface area (Å²) in [6.07, 6.45) is 0. The largest absolute Gasteiger partial charge is 0.496 e. The van der Waals surface area contributed by atoms with Gasteiger partial charge in [0.05, 0.1) is 12.7 Å². The average Bonchev–Trinajstić information content (AvgIpc) is 2.62. The second kappa shape index (κ2) is 7.04. The van der Waals surface area contributed by atoms with Crippen molar-refractivity contribution in [2.24, 2.45) is 0 Å². The van der Waals surface area contributed by atoms with Crippen molar-refractivity contribution in [1.82, 2.24) is 4.90 Å². The van der Waals surface area contributed by atoms with Gasteiger partial charge in [-0.25, -0.2) is 0 Å². The van der Waals surface area contributed by atoms with Gasteiger partial charge in [0, 0.05) is 36.3 Å². The number of ether oxygens (including phenoxy) is 1. The molecule has 0 atom stereocenters. The molecule has 1 amide bonds. The third-order valence-electron chi connectivity index (χ3n) is 4.10. The molecule has 0 N–H and O–H groups in total. The first kappa shape index (κ1) is 15.9. The Balaban J connectivity index is 1.66. The minimum atomic E-state index is 0.0397. The molecule has 0 spiro atoms. The Morgan fingerprint density at radius 1 is 1.00 bits per heavy atom. The lowest BCUT2D eigenvalue weighted by molar-refractivity contribution is 0.0743. The zero-order valence-electron chi connectivity index (χ0n) is 13.0. The molecule has 0 radical (unpaired) electrons. The minimum Gasteiger partial charge on any atom is -0.496 e. The Bertz CT molecular complexity index is 680. The SMILES string of the molecule is COc1ccccc1C(=O)N1CCN(c2ccc(Br)cc2)CC1. The van der Waals surface area contributed by atoms with Gasteiger partial charge in [-0.3, -0.25) is 4.79 Å². The summed E-state index contributed by atoms with van der Waals surface area (Å²) in [4.78, 5) is 16.9. The van der Waals surface area contributed by atoms with Gasteiger partial charge in [-0.1, -0.05) is 28.1 Å². The molecule has 120 valence electrons. The van der Waals surface area contributed by atoms with Crippen LogP contribution < -0.4 is 9.64 Å². The Kier molecular flexibility index (Phi) is 4.86. The summed E-state index contributed by atoms with van der Waals surface area (Å²) in [7, 11) is 1.59. The van der Waals surface area contributed by atoms with Crippen molar-refractivity contribution < 1.29 is 9.53 Å². The van der Waals surface area contributed by atoms with Crippen LogP contribution in [-0.4, -0.2) is 44.1 Å². The third kappa shape index (κ3) is 3.50. The number of nitrogens with zero attached hydrogens (tertiary/aromatic N) is 2. The number of amides is 1. The molecule has 5 heteroatoms. The van der Waals surface area contributed by atoms with Crippen molar-refractivity contribution in [2.75, 3.05) is 38.2 Å². The van der Waals surface area contributed by atoms with E-state index in [0.717, 1.165) is 17.6 Å². The molecule has 1 fully saturated rings. The fraction of sp³-hybridized carbons (Fsp3) is 0.278. The Morgan fingerprint density at radius 2 is 1.65 bits per heavy atom. The van der Waals surface area contributed by atoms with Gasteiger partial charge in [0.25, 0.3) is 5.91 Å². The van der Waals surface area contributed by atoms with E-state index in [4.69, 9.17) is 4.74 Å². The van der Waals surface area contributed by atoms with Crippen molar-refractivity contribution in [1.29, 1.82) is 0 Å². The summed E-state index contributed by atoms with van der Waals surface area (Å²) in [5, 5.41) is 0. The lowest BCUT2D eigenvalue weighted by Crippen LogP contribution is -2.48. The van der Waals surface area contributed by atoms with Crippen LogP contribution in [0.5, 0.6) is 5.75 Å². The fourth-order valence-corrected chi connectivity index (χ4v) is 3.08. The fourth-order valence-electron chi connectivity index (χ4n) is 2.81. The molecule has 0 bridgehead atoms. The summed E-state index contributed by atoms with van der Waals surface area (Å²) >= 11 is 3.45. The number of anilines is 1. The van der Waals surface area contributed by atoms with E-state index >= 15 is 0 Å². The lowest BCUT2D eigenvalue weighted by Gasteiger charge is -2.36. The van der Waals surface area contributed by atoms with Gasteiger partial charge in [-0.2, -0.15) is 0 Å². The monoisotopic (exact) mass is 374 g/mol. The quantitative estimate of drug-likeness (QED) is 0.824. The number of benzene rings is 2. The van der Waals surface area contributed by atoms with Crippen molar-refractivity contribution in [3.63, 3.8) is 0 Å². The van der Waals surface area contributed by atoms with Crippen LogP contribution in [0.15, 0.2) is 53.0 Å². The van der Waals surface area contributed by atoms with E-state index in [1.54, 1.807) is 7.11 Å². The lowest BCUT2D eigenvalue weighted by atomic mass is 10.1. The molecule has 2 aromatic rings. The average molecular weight is 375 g/mol. The maximum atomic E-state index is 12.7. The van der Waals surface area contributed by atoms with E-state index in [1.165, 1.54) is 5.69 Å². The summed E-state index contributed by atoms with van der Waals surface area (Å²) < 4.78 is 6.37. The second-order valence-electron chi connectivity index (χ2n) is 5.46. The van der Waals surface area contributed by atoms with Crippen LogP contribution in [-0.2, 0) is 0 Å². The van der Waals surface area contributed by atoms with Gasteiger partial charge in [0.15, 0.2) is 0 Å². The summed E-state index contributed by atoms with van der Waals surface area (Å²) in [6, 6.07) is 15.7. The number of rotatable bonds is 3. The van der Waals surface area contributed by atoms with Crippen LogP contribution in [0.2, 0.25) is 0 Å². The van der Waals surface area contributed by atoms with E-state index in [1.807, 2.05) is 41.3 Å². The molecule has 3 rings (SSSR count). The first-order chi connectivity index (χ1) is 11.2. The zero-order valence-corrected chi connectivity index (χ0v) is 14.6. The molecule has 0 aliphatic carbocycles. The number of hydrogen-bond acceptors (Lipinski definition) is 3. The molecule has 23 heavy (non-hydrogen) atoms. The van der Waals surface area contributed by atoms with Gasteiger partial charge in [0.1, 0.15) is 5.75 Å².